The molecule has 1 N–H and O–H groups in total. The van der Waals surface area contributed by atoms with Gasteiger partial charge in [-0.2, -0.15) is 4.98 Å². The topological polar surface area (TPSA) is 72.0 Å². The lowest BCUT2D eigenvalue weighted by molar-refractivity contribution is 0.425. The summed E-state index contributed by atoms with van der Waals surface area (Å²) in [7, 11) is 0. The summed E-state index contributed by atoms with van der Waals surface area (Å²) in [5.41, 5.74) is 2.10. The summed E-state index contributed by atoms with van der Waals surface area (Å²) < 4.78 is 5.99. The van der Waals surface area contributed by atoms with E-state index < -0.39 is 0 Å². The second-order valence-corrected chi connectivity index (χ2v) is 5.13. The Morgan fingerprint density at radius 3 is 2.90 bits per heavy atom. The Balaban J connectivity index is 2.07. The van der Waals surface area contributed by atoms with E-state index in [1.165, 1.54) is 0 Å². The van der Waals surface area contributed by atoms with Gasteiger partial charge in [0, 0.05) is 10.7 Å². The quantitative estimate of drug-likeness (QED) is 0.777. The van der Waals surface area contributed by atoms with Crippen LogP contribution in [-0.4, -0.2) is 20.2 Å². The molecule has 0 amide bonds. The minimum absolute atomic E-state index is 0.103. The van der Waals surface area contributed by atoms with Crippen molar-refractivity contribution in [3.63, 3.8) is 0 Å². The lowest BCUT2D eigenvalue weighted by atomic mass is 10.1. The zero-order chi connectivity index (χ0) is 14.1. The van der Waals surface area contributed by atoms with E-state index in [-0.39, 0.29) is 11.6 Å². The number of phenols is 1. The minimum atomic E-state index is 0.103. The fourth-order valence-electron chi connectivity index (χ4n) is 1.80. The molecule has 0 saturated heterocycles. The van der Waals surface area contributed by atoms with Crippen LogP contribution < -0.4 is 0 Å². The molecule has 2 aromatic heterocycles. The minimum Gasteiger partial charge on any atom is -0.507 e. The second kappa shape index (κ2) is 5.05. The third-order valence-electron chi connectivity index (χ3n) is 2.78. The van der Waals surface area contributed by atoms with Crippen LogP contribution in [0.5, 0.6) is 5.75 Å². The van der Waals surface area contributed by atoms with Gasteiger partial charge in [-0.15, -0.1) is 0 Å². The summed E-state index contributed by atoms with van der Waals surface area (Å²) >= 11 is 3.39. The average molecular weight is 332 g/mol. The third kappa shape index (κ3) is 2.30. The smallest absolute Gasteiger partial charge is 0.262 e. The Bertz CT molecular complexity index is 771. The van der Waals surface area contributed by atoms with Crippen LogP contribution in [-0.2, 0) is 0 Å². The van der Waals surface area contributed by atoms with E-state index in [4.69, 9.17) is 4.52 Å². The Kier molecular flexibility index (Phi) is 3.23. The predicted molar refractivity (Wildman–Crippen MR) is 77.1 cm³/mol. The van der Waals surface area contributed by atoms with Crippen LogP contribution in [0.15, 0.2) is 45.5 Å². The van der Waals surface area contributed by atoms with Gasteiger partial charge in [0.05, 0.1) is 5.56 Å². The number of aromatic nitrogens is 3. The number of aromatic hydroxyl groups is 1. The first-order valence-electron chi connectivity index (χ1n) is 5.90. The highest BCUT2D eigenvalue weighted by Gasteiger charge is 2.16. The predicted octanol–water partition coefficient (Wildman–Crippen LogP) is 3.58. The number of benzene rings is 1. The summed E-state index contributed by atoms with van der Waals surface area (Å²) in [5, 5.41) is 13.8. The van der Waals surface area contributed by atoms with Crippen molar-refractivity contribution in [1.82, 2.24) is 15.1 Å². The fourth-order valence-corrected chi connectivity index (χ4v) is 2.23. The highest BCUT2D eigenvalue weighted by Crippen LogP contribution is 2.31. The van der Waals surface area contributed by atoms with Crippen molar-refractivity contribution in [3.8, 4) is 28.7 Å². The SMILES string of the molecule is Cc1ccc(O)c(-c2nc(-c3ncccc3Br)no2)c1. The molecule has 0 bridgehead atoms. The molecule has 0 unspecified atom stereocenters. The summed E-state index contributed by atoms with van der Waals surface area (Å²) in [4.78, 5) is 8.48. The number of aryl methyl sites for hydroxylation is 1. The molecule has 0 aliphatic heterocycles. The molecule has 100 valence electrons. The van der Waals surface area contributed by atoms with Crippen molar-refractivity contribution in [3.05, 3.63) is 46.6 Å². The molecule has 0 aliphatic rings. The molecular formula is C14H10BrN3O2. The van der Waals surface area contributed by atoms with Gasteiger partial charge in [0.25, 0.3) is 5.89 Å². The van der Waals surface area contributed by atoms with E-state index in [9.17, 15) is 5.11 Å². The van der Waals surface area contributed by atoms with Gasteiger partial charge in [-0.25, -0.2) is 0 Å². The Morgan fingerprint density at radius 2 is 2.10 bits per heavy atom. The monoisotopic (exact) mass is 331 g/mol. The largest absolute Gasteiger partial charge is 0.507 e. The average Bonchev–Trinajstić information content (AvgIpc) is 2.91. The van der Waals surface area contributed by atoms with Gasteiger partial charge in [0.15, 0.2) is 0 Å². The molecule has 20 heavy (non-hydrogen) atoms. The molecule has 0 saturated carbocycles. The first-order valence-corrected chi connectivity index (χ1v) is 6.69. The van der Waals surface area contributed by atoms with E-state index >= 15 is 0 Å². The number of pyridine rings is 1. The first kappa shape index (κ1) is 12.8. The van der Waals surface area contributed by atoms with Crippen LogP contribution in [0.25, 0.3) is 23.0 Å². The van der Waals surface area contributed by atoms with E-state index in [2.05, 4.69) is 31.1 Å². The van der Waals surface area contributed by atoms with Gasteiger partial charge in [-0.3, -0.25) is 4.98 Å². The highest BCUT2D eigenvalue weighted by atomic mass is 79.9. The van der Waals surface area contributed by atoms with Crippen LogP contribution in [0.2, 0.25) is 0 Å². The summed E-state index contributed by atoms with van der Waals surface area (Å²) in [6.45, 7) is 1.93. The van der Waals surface area contributed by atoms with Crippen LogP contribution in [0.4, 0.5) is 0 Å². The number of nitrogens with zero attached hydrogens (tertiary/aromatic N) is 3. The molecule has 6 heteroatoms. The van der Waals surface area contributed by atoms with Gasteiger partial charge < -0.3 is 9.63 Å². The number of hydrogen-bond donors (Lipinski definition) is 1. The van der Waals surface area contributed by atoms with Crippen LogP contribution in [0, 0.1) is 6.92 Å². The second-order valence-electron chi connectivity index (χ2n) is 4.28. The van der Waals surface area contributed by atoms with Crippen molar-refractivity contribution in [2.45, 2.75) is 6.92 Å². The zero-order valence-electron chi connectivity index (χ0n) is 10.5. The third-order valence-corrected chi connectivity index (χ3v) is 3.42. The van der Waals surface area contributed by atoms with E-state index in [0.717, 1.165) is 10.0 Å². The van der Waals surface area contributed by atoms with E-state index in [1.807, 2.05) is 19.1 Å². The molecule has 0 radical (unpaired) electrons. The highest BCUT2D eigenvalue weighted by molar-refractivity contribution is 9.10. The zero-order valence-corrected chi connectivity index (χ0v) is 12.1. The summed E-state index contributed by atoms with van der Waals surface area (Å²) in [6, 6.07) is 8.86. The van der Waals surface area contributed by atoms with Crippen molar-refractivity contribution in [2.75, 3.05) is 0 Å². The molecule has 3 rings (SSSR count). The van der Waals surface area contributed by atoms with Crippen LogP contribution in [0.1, 0.15) is 5.56 Å². The molecule has 0 atom stereocenters. The molecule has 1 aromatic carbocycles. The van der Waals surface area contributed by atoms with Gasteiger partial charge in [0.2, 0.25) is 5.82 Å². The van der Waals surface area contributed by atoms with Gasteiger partial charge >= 0.3 is 0 Å². The first-order chi connectivity index (χ1) is 9.65. The molecule has 5 nitrogen and oxygen atoms in total. The van der Waals surface area contributed by atoms with Crippen molar-refractivity contribution >= 4 is 15.9 Å². The van der Waals surface area contributed by atoms with Gasteiger partial charge in [-0.05, 0) is 47.1 Å². The van der Waals surface area contributed by atoms with E-state index in [1.54, 1.807) is 24.4 Å². The number of phenolic OH excluding ortho intramolecular Hbond substituents is 1. The number of rotatable bonds is 2. The standard InChI is InChI=1S/C14H10BrN3O2/c1-8-4-5-11(19)9(7-8)14-17-13(18-20-14)12-10(15)3-2-6-16-12/h2-7,19H,1H3. The maximum Gasteiger partial charge on any atom is 0.262 e. The molecular weight excluding hydrogens is 322 g/mol. The summed E-state index contributed by atoms with van der Waals surface area (Å²) in [5.74, 6) is 0.734. The molecule has 0 fully saturated rings. The molecule has 0 spiro atoms. The Morgan fingerprint density at radius 1 is 1.25 bits per heavy atom. The lowest BCUT2D eigenvalue weighted by Crippen LogP contribution is -1.87. The van der Waals surface area contributed by atoms with Crippen LogP contribution in [0.3, 0.4) is 0 Å². The van der Waals surface area contributed by atoms with E-state index in [0.29, 0.717) is 17.1 Å². The Labute approximate surface area is 123 Å². The molecule has 3 aromatic rings. The summed E-state index contributed by atoms with van der Waals surface area (Å²) in [6.07, 6.45) is 1.65. The van der Waals surface area contributed by atoms with Crippen molar-refractivity contribution < 1.29 is 9.63 Å². The maximum absolute atomic E-state index is 9.87. The maximum atomic E-state index is 9.87. The van der Waals surface area contributed by atoms with Crippen molar-refractivity contribution in [1.29, 1.82) is 0 Å². The Hall–Kier alpha value is -2.21. The normalized spacial score (nSPS) is 10.7. The fraction of sp³-hybridized carbons (Fsp3) is 0.0714. The van der Waals surface area contributed by atoms with Gasteiger partial charge in [-0.1, -0.05) is 16.8 Å². The number of halogens is 1. The number of hydrogen-bond acceptors (Lipinski definition) is 5. The lowest BCUT2D eigenvalue weighted by Gasteiger charge is -2.00. The van der Waals surface area contributed by atoms with Crippen molar-refractivity contribution in [2.24, 2.45) is 0 Å². The molecule has 2 heterocycles. The van der Waals surface area contributed by atoms with Gasteiger partial charge in [0.1, 0.15) is 11.4 Å². The molecule has 0 aliphatic carbocycles. The van der Waals surface area contributed by atoms with Crippen LogP contribution >= 0.6 is 15.9 Å².